The molecule has 1 atom stereocenters. The molecule has 1 heterocycles. The Kier molecular flexibility index (Phi) is 4.12. The molecular weight excluding hydrogens is 346 g/mol. The fraction of sp³-hybridized carbons (Fsp3) is 0.529. The molecular formula is C17H20BrNO3. The highest BCUT2D eigenvalue weighted by Crippen LogP contribution is 2.41. The number of halogens is 1. The number of carbonyl (C=O) groups excluding carboxylic acids is 2. The number of hydrogen-bond acceptors (Lipinski definition) is 3. The van der Waals surface area contributed by atoms with Gasteiger partial charge in [-0.2, -0.15) is 0 Å². The minimum Gasteiger partial charge on any atom is -0.381 e. The largest absolute Gasteiger partial charge is 0.381 e. The van der Waals surface area contributed by atoms with Gasteiger partial charge < -0.3 is 10.1 Å². The van der Waals surface area contributed by atoms with Gasteiger partial charge in [0.1, 0.15) is 5.92 Å². The van der Waals surface area contributed by atoms with Crippen LogP contribution in [0.2, 0.25) is 0 Å². The van der Waals surface area contributed by atoms with Crippen LogP contribution >= 0.6 is 15.9 Å². The predicted octanol–water partition coefficient (Wildman–Crippen LogP) is 2.87. The average Bonchev–Trinajstić information content (AvgIpc) is 2.74. The Morgan fingerprint density at radius 1 is 1.27 bits per heavy atom. The maximum atomic E-state index is 13.0. The first kappa shape index (κ1) is 15.7. The summed E-state index contributed by atoms with van der Waals surface area (Å²) in [6, 6.07) is 5.79. The maximum Gasteiger partial charge on any atom is 0.236 e. The van der Waals surface area contributed by atoms with Crippen molar-refractivity contribution < 1.29 is 14.3 Å². The molecule has 4 nitrogen and oxygen atoms in total. The summed E-state index contributed by atoms with van der Waals surface area (Å²) >= 11 is 3.48. The predicted molar refractivity (Wildman–Crippen MR) is 86.8 cm³/mol. The second-order valence-corrected chi connectivity index (χ2v) is 7.18. The van der Waals surface area contributed by atoms with E-state index < -0.39 is 11.5 Å². The lowest BCUT2D eigenvalue weighted by molar-refractivity contribution is -0.126. The second-order valence-electron chi connectivity index (χ2n) is 6.33. The number of ether oxygens (including phenoxy) is 1. The van der Waals surface area contributed by atoms with E-state index >= 15 is 0 Å². The molecule has 1 aromatic rings. The lowest BCUT2D eigenvalue weighted by atomic mass is 9.76. The van der Waals surface area contributed by atoms with Crippen LogP contribution < -0.4 is 5.32 Å². The molecule has 1 aromatic carbocycles. The Morgan fingerprint density at radius 2 is 1.95 bits per heavy atom. The molecule has 2 fully saturated rings. The average molecular weight is 366 g/mol. The minimum absolute atomic E-state index is 0.0124. The van der Waals surface area contributed by atoms with Crippen molar-refractivity contribution in [2.45, 2.75) is 50.2 Å². The fourth-order valence-corrected chi connectivity index (χ4v) is 4.10. The van der Waals surface area contributed by atoms with Crippen LogP contribution in [0.4, 0.5) is 0 Å². The number of Topliss-reactive ketones (excluding diaryl/α,β-unsaturated/α-hetero) is 1. The van der Waals surface area contributed by atoms with E-state index in [1.807, 2.05) is 25.1 Å². The van der Waals surface area contributed by atoms with Crippen LogP contribution in [0.3, 0.4) is 0 Å². The van der Waals surface area contributed by atoms with Crippen LogP contribution in [0.15, 0.2) is 22.7 Å². The standard InChI is InChI=1S/C17H20BrNO3/c1-10-3-4-13(18)12(9-10)14-15(20)17(19-16(14)21)7-5-11(22-2)6-8-17/h3-4,9,11,14H,5-8H2,1-2H3,(H,19,21)/t11?,14-,17?/m1/s1. The molecule has 1 amide bonds. The molecule has 0 radical (unpaired) electrons. The van der Waals surface area contributed by atoms with Gasteiger partial charge in [-0.05, 0) is 44.2 Å². The zero-order valence-electron chi connectivity index (χ0n) is 12.8. The van der Waals surface area contributed by atoms with Crippen molar-refractivity contribution in [2.75, 3.05) is 7.11 Å². The molecule has 0 aromatic heterocycles. The van der Waals surface area contributed by atoms with Gasteiger partial charge >= 0.3 is 0 Å². The van der Waals surface area contributed by atoms with Crippen LogP contribution in [-0.4, -0.2) is 30.4 Å². The lowest BCUT2D eigenvalue weighted by Crippen LogP contribution is -2.50. The molecule has 1 aliphatic heterocycles. The second kappa shape index (κ2) is 5.78. The number of nitrogens with one attached hydrogen (secondary N) is 1. The highest BCUT2D eigenvalue weighted by molar-refractivity contribution is 9.10. The summed E-state index contributed by atoms with van der Waals surface area (Å²) in [5, 5.41) is 2.99. The Bertz CT molecular complexity index is 620. The Labute approximate surface area is 138 Å². The number of aryl methyl sites for hydroxylation is 1. The quantitative estimate of drug-likeness (QED) is 0.819. The van der Waals surface area contributed by atoms with E-state index in [0.717, 1.165) is 28.4 Å². The van der Waals surface area contributed by atoms with Crippen LogP contribution in [0, 0.1) is 6.92 Å². The van der Waals surface area contributed by atoms with Crippen LogP contribution in [-0.2, 0) is 14.3 Å². The van der Waals surface area contributed by atoms with E-state index in [1.54, 1.807) is 7.11 Å². The third-order valence-corrected chi connectivity index (χ3v) is 5.66. The van der Waals surface area contributed by atoms with E-state index in [0.29, 0.717) is 12.8 Å². The van der Waals surface area contributed by atoms with Gasteiger partial charge in [0.15, 0.2) is 5.78 Å². The van der Waals surface area contributed by atoms with Gasteiger partial charge in [-0.15, -0.1) is 0 Å². The number of rotatable bonds is 2. The first-order chi connectivity index (χ1) is 10.5. The summed E-state index contributed by atoms with van der Waals surface area (Å²) in [4.78, 5) is 25.5. The number of amides is 1. The van der Waals surface area contributed by atoms with Gasteiger partial charge in [0.25, 0.3) is 0 Å². The number of benzene rings is 1. The molecule has 22 heavy (non-hydrogen) atoms. The van der Waals surface area contributed by atoms with Gasteiger partial charge in [-0.25, -0.2) is 0 Å². The Balaban J connectivity index is 1.91. The summed E-state index contributed by atoms with van der Waals surface area (Å²) in [5.74, 6) is -0.862. The van der Waals surface area contributed by atoms with Crippen molar-refractivity contribution in [3.63, 3.8) is 0 Å². The lowest BCUT2D eigenvalue weighted by Gasteiger charge is -2.35. The Hall–Kier alpha value is -1.20. The third kappa shape index (κ3) is 2.50. The SMILES string of the molecule is COC1CCC2(CC1)NC(=O)[C@H](c1cc(C)ccc1Br)C2=O. The van der Waals surface area contributed by atoms with E-state index in [9.17, 15) is 9.59 Å². The van der Waals surface area contributed by atoms with Gasteiger partial charge in [0, 0.05) is 11.6 Å². The third-order valence-electron chi connectivity index (χ3n) is 4.94. The van der Waals surface area contributed by atoms with Crippen molar-refractivity contribution in [1.29, 1.82) is 0 Å². The minimum atomic E-state index is -0.701. The summed E-state index contributed by atoms with van der Waals surface area (Å²) in [6.07, 6.45) is 3.14. The molecule has 1 aliphatic carbocycles. The van der Waals surface area contributed by atoms with Crippen LogP contribution in [0.25, 0.3) is 0 Å². The molecule has 2 aliphatic rings. The van der Waals surface area contributed by atoms with Gasteiger partial charge in [-0.3, -0.25) is 9.59 Å². The summed E-state index contributed by atoms with van der Waals surface area (Å²) < 4.78 is 6.18. The molecule has 1 N–H and O–H groups in total. The number of methoxy groups -OCH3 is 1. The molecule has 0 bridgehead atoms. The van der Waals surface area contributed by atoms with E-state index in [2.05, 4.69) is 21.2 Å². The molecule has 0 unspecified atom stereocenters. The topological polar surface area (TPSA) is 55.4 Å². The van der Waals surface area contributed by atoms with Gasteiger partial charge in [0.2, 0.25) is 5.91 Å². The van der Waals surface area contributed by atoms with Crippen LogP contribution in [0.1, 0.15) is 42.7 Å². The normalized spacial score (nSPS) is 31.6. The van der Waals surface area contributed by atoms with Crippen molar-refractivity contribution >= 4 is 27.6 Å². The van der Waals surface area contributed by atoms with E-state index in [4.69, 9.17) is 4.74 Å². The molecule has 118 valence electrons. The first-order valence-electron chi connectivity index (χ1n) is 7.62. The first-order valence-corrected chi connectivity index (χ1v) is 8.41. The summed E-state index contributed by atoms with van der Waals surface area (Å²) in [7, 11) is 1.70. The van der Waals surface area contributed by atoms with Crippen LogP contribution in [0.5, 0.6) is 0 Å². The zero-order chi connectivity index (χ0) is 15.9. The fourth-order valence-electron chi connectivity index (χ4n) is 3.62. The Morgan fingerprint density at radius 3 is 2.59 bits per heavy atom. The monoisotopic (exact) mass is 365 g/mol. The van der Waals surface area contributed by atoms with Crippen molar-refractivity contribution in [3.05, 3.63) is 33.8 Å². The summed E-state index contributed by atoms with van der Waals surface area (Å²) in [5.41, 5.74) is 1.12. The molecule has 5 heteroatoms. The van der Waals surface area contributed by atoms with Gasteiger partial charge in [0.05, 0.1) is 11.6 Å². The summed E-state index contributed by atoms with van der Waals surface area (Å²) in [6.45, 7) is 1.97. The molecule has 3 rings (SSSR count). The van der Waals surface area contributed by atoms with Crippen molar-refractivity contribution in [3.8, 4) is 0 Å². The van der Waals surface area contributed by atoms with Crippen molar-refractivity contribution in [1.82, 2.24) is 5.32 Å². The molecule has 1 spiro atoms. The van der Waals surface area contributed by atoms with E-state index in [1.165, 1.54) is 0 Å². The highest BCUT2D eigenvalue weighted by atomic mass is 79.9. The number of carbonyl (C=O) groups is 2. The number of ketones is 1. The van der Waals surface area contributed by atoms with Gasteiger partial charge in [-0.1, -0.05) is 33.6 Å². The molecule has 1 saturated heterocycles. The highest BCUT2D eigenvalue weighted by Gasteiger charge is 2.54. The number of hydrogen-bond donors (Lipinski definition) is 1. The van der Waals surface area contributed by atoms with E-state index in [-0.39, 0.29) is 17.8 Å². The molecule has 1 saturated carbocycles. The maximum absolute atomic E-state index is 13.0. The van der Waals surface area contributed by atoms with Crippen molar-refractivity contribution in [2.24, 2.45) is 0 Å². The smallest absolute Gasteiger partial charge is 0.236 e. The zero-order valence-corrected chi connectivity index (χ0v) is 14.4.